The lowest BCUT2D eigenvalue weighted by Gasteiger charge is -2.42. The topological polar surface area (TPSA) is 29.1 Å². The van der Waals surface area contributed by atoms with Gasteiger partial charge in [-0.1, -0.05) is 35.0 Å². The monoisotopic (exact) mass is 295 g/mol. The highest BCUT2D eigenvalue weighted by molar-refractivity contribution is 9.08. The molecule has 1 aliphatic carbocycles. The Bertz CT molecular complexity index is 390. The molecule has 0 heterocycles. The molecule has 1 amide bonds. The molecule has 1 aromatic carbocycles. The molecule has 0 bridgehead atoms. The molecule has 17 heavy (non-hydrogen) atoms. The fourth-order valence-electron chi connectivity index (χ4n) is 2.23. The lowest BCUT2D eigenvalue weighted by atomic mass is 9.74. The first-order chi connectivity index (χ1) is 8.19. The number of hydrogen-bond acceptors (Lipinski definition) is 1. The van der Waals surface area contributed by atoms with Gasteiger partial charge in [0.05, 0.1) is 0 Å². The molecule has 0 saturated heterocycles. The Balaban J connectivity index is 2.03. The van der Waals surface area contributed by atoms with E-state index in [1.54, 1.807) is 0 Å². The predicted molar refractivity (Wildman–Crippen MR) is 73.4 cm³/mol. The highest BCUT2D eigenvalue weighted by Gasteiger charge is 2.36. The molecule has 0 spiro atoms. The van der Waals surface area contributed by atoms with E-state index in [1.165, 1.54) is 12.0 Å². The van der Waals surface area contributed by atoms with Crippen LogP contribution in [-0.2, 0) is 5.33 Å². The molecule has 0 atom stereocenters. The number of hydrogen-bond donors (Lipinski definition) is 1. The van der Waals surface area contributed by atoms with E-state index in [1.807, 2.05) is 24.3 Å². The second kappa shape index (κ2) is 5.21. The van der Waals surface area contributed by atoms with E-state index in [0.29, 0.717) is 0 Å². The molecule has 0 radical (unpaired) electrons. The van der Waals surface area contributed by atoms with Crippen LogP contribution in [0.25, 0.3) is 0 Å². The molecule has 2 rings (SSSR count). The Hall–Kier alpha value is -0.830. The van der Waals surface area contributed by atoms with Crippen molar-refractivity contribution in [2.75, 3.05) is 0 Å². The molecule has 3 heteroatoms. The number of amides is 1. The van der Waals surface area contributed by atoms with E-state index < -0.39 is 0 Å². The van der Waals surface area contributed by atoms with Gasteiger partial charge < -0.3 is 5.32 Å². The molecule has 1 aliphatic rings. The fourth-order valence-corrected chi connectivity index (χ4v) is 2.60. The molecule has 92 valence electrons. The number of carbonyl (C=O) groups is 1. The summed E-state index contributed by atoms with van der Waals surface area (Å²) in [7, 11) is 0. The summed E-state index contributed by atoms with van der Waals surface area (Å²) in [5.41, 5.74) is 2.02. The van der Waals surface area contributed by atoms with Gasteiger partial charge in [-0.2, -0.15) is 0 Å². The zero-order valence-corrected chi connectivity index (χ0v) is 11.7. The first-order valence-electron chi connectivity index (χ1n) is 6.16. The van der Waals surface area contributed by atoms with Crippen LogP contribution in [0.5, 0.6) is 0 Å². The van der Waals surface area contributed by atoms with Crippen LogP contribution in [0.15, 0.2) is 24.3 Å². The second-order valence-corrected chi connectivity index (χ2v) is 5.33. The Labute approximate surface area is 111 Å². The van der Waals surface area contributed by atoms with Crippen molar-refractivity contribution < 1.29 is 4.79 Å². The quantitative estimate of drug-likeness (QED) is 0.844. The summed E-state index contributed by atoms with van der Waals surface area (Å²) in [5, 5.41) is 4.01. The maximum Gasteiger partial charge on any atom is 0.251 e. The summed E-state index contributed by atoms with van der Waals surface area (Å²) in [4.78, 5) is 12.1. The first kappa shape index (κ1) is 12.6. The van der Waals surface area contributed by atoms with E-state index in [-0.39, 0.29) is 11.4 Å². The van der Waals surface area contributed by atoms with E-state index in [2.05, 4.69) is 28.2 Å². The van der Waals surface area contributed by atoms with Crippen LogP contribution in [0.4, 0.5) is 0 Å². The number of benzene rings is 1. The fraction of sp³-hybridized carbons (Fsp3) is 0.500. The smallest absolute Gasteiger partial charge is 0.251 e. The van der Waals surface area contributed by atoms with E-state index >= 15 is 0 Å². The molecule has 1 saturated carbocycles. The van der Waals surface area contributed by atoms with Gasteiger partial charge in [0.2, 0.25) is 0 Å². The van der Waals surface area contributed by atoms with Crippen molar-refractivity contribution >= 4 is 21.8 Å². The van der Waals surface area contributed by atoms with Crippen LogP contribution in [0.3, 0.4) is 0 Å². The lowest BCUT2D eigenvalue weighted by Crippen LogP contribution is -2.52. The van der Waals surface area contributed by atoms with Gasteiger partial charge in [0.1, 0.15) is 0 Å². The second-order valence-electron chi connectivity index (χ2n) is 4.77. The molecular weight excluding hydrogens is 278 g/mol. The van der Waals surface area contributed by atoms with Crippen LogP contribution < -0.4 is 5.32 Å². The summed E-state index contributed by atoms with van der Waals surface area (Å²) in [6.45, 7) is 2.15. The maximum atomic E-state index is 12.1. The minimum atomic E-state index is 0.0627. The largest absolute Gasteiger partial charge is 0.347 e. The highest BCUT2D eigenvalue weighted by atomic mass is 79.9. The molecule has 0 unspecified atom stereocenters. The SMILES string of the molecule is CCC1(NC(=O)c2ccc(CBr)cc2)CCC1. The third kappa shape index (κ3) is 2.71. The highest BCUT2D eigenvalue weighted by Crippen LogP contribution is 2.34. The molecule has 0 aliphatic heterocycles. The van der Waals surface area contributed by atoms with Gasteiger partial charge >= 0.3 is 0 Å². The molecule has 1 N–H and O–H groups in total. The molecular formula is C14H18BrNO. The number of nitrogens with one attached hydrogen (secondary N) is 1. The number of alkyl halides is 1. The molecule has 0 aromatic heterocycles. The van der Waals surface area contributed by atoms with E-state index in [4.69, 9.17) is 0 Å². The van der Waals surface area contributed by atoms with Gasteiger partial charge in [-0.25, -0.2) is 0 Å². The number of carbonyl (C=O) groups excluding carboxylic acids is 1. The summed E-state index contributed by atoms with van der Waals surface area (Å²) in [6, 6.07) is 7.77. The van der Waals surface area contributed by atoms with Crippen molar-refractivity contribution in [1.82, 2.24) is 5.32 Å². The van der Waals surface area contributed by atoms with Crippen LogP contribution in [0.2, 0.25) is 0 Å². The molecule has 1 aromatic rings. The van der Waals surface area contributed by atoms with Gasteiger partial charge in [0.15, 0.2) is 0 Å². The van der Waals surface area contributed by atoms with Crippen molar-refractivity contribution in [1.29, 1.82) is 0 Å². The summed E-state index contributed by atoms with van der Waals surface area (Å²) in [5.74, 6) is 0.0627. The third-order valence-corrected chi connectivity index (χ3v) is 4.38. The van der Waals surface area contributed by atoms with Crippen molar-refractivity contribution in [3.05, 3.63) is 35.4 Å². The van der Waals surface area contributed by atoms with Gasteiger partial charge in [-0.15, -0.1) is 0 Å². The first-order valence-corrected chi connectivity index (χ1v) is 7.29. The van der Waals surface area contributed by atoms with Crippen LogP contribution >= 0.6 is 15.9 Å². The lowest BCUT2D eigenvalue weighted by molar-refractivity contribution is 0.0820. The van der Waals surface area contributed by atoms with Crippen molar-refractivity contribution in [3.8, 4) is 0 Å². The normalized spacial score (nSPS) is 17.3. The Morgan fingerprint density at radius 3 is 2.41 bits per heavy atom. The van der Waals surface area contributed by atoms with Gasteiger partial charge in [-0.3, -0.25) is 4.79 Å². The predicted octanol–water partition coefficient (Wildman–Crippen LogP) is 3.64. The average Bonchev–Trinajstić information content (AvgIpc) is 2.33. The molecule has 1 fully saturated rings. The Morgan fingerprint density at radius 1 is 1.35 bits per heavy atom. The van der Waals surface area contributed by atoms with Crippen molar-refractivity contribution in [2.24, 2.45) is 0 Å². The van der Waals surface area contributed by atoms with Gasteiger partial charge in [0, 0.05) is 16.4 Å². The van der Waals surface area contributed by atoms with Crippen molar-refractivity contribution in [2.45, 2.75) is 43.5 Å². The number of halogens is 1. The van der Waals surface area contributed by atoms with Crippen LogP contribution in [0.1, 0.15) is 48.5 Å². The number of rotatable bonds is 4. The zero-order chi connectivity index (χ0) is 12.3. The summed E-state index contributed by atoms with van der Waals surface area (Å²) >= 11 is 3.40. The van der Waals surface area contributed by atoms with Crippen LogP contribution in [0, 0.1) is 0 Å². The van der Waals surface area contributed by atoms with E-state index in [9.17, 15) is 4.79 Å². The zero-order valence-electron chi connectivity index (χ0n) is 10.1. The summed E-state index contributed by atoms with van der Waals surface area (Å²) < 4.78 is 0. The average molecular weight is 296 g/mol. The summed E-state index contributed by atoms with van der Waals surface area (Å²) in [6.07, 6.45) is 4.50. The minimum Gasteiger partial charge on any atom is -0.347 e. The van der Waals surface area contributed by atoms with Crippen LogP contribution in [-0.4, -0.2) is 11.4 Å². The van der Waals surface area contributed by atoms with E-state index in [0.717, 1.165) is 30.2 Å². The van der Waals surface area contributed by atoms with Gasteiger partial charge in [-0.05, 0) is 43.4 Å². The molecule has 2 nitrogen and oxygen atoms in total. The minimum absolute atomic E-state index is 0.0627. The standard InChI is InChI=1S/C14H18BrNO/c1-2-14(8-3-9-14)16-13(17)12-6-4-11(10-15)5-7-12/h4-7H,2-3,8-10H2,1H3,(H,16,17). The van der Waals surface area contributed by atoms with Crippen molar-refractivity contribution in [3.63, 3.8) is 0 Å². The maximum absolute atomic E-state index is 12.1. The van der Waals surface area contributed by atoms with Gasteiger partial charge in [0.25, 0.3) is 5.91 Å². The Morgan fingerprint density at radius 2 is 2.00 bits per heavy atom. The third-order valence-electron chi connectivity index (χ3n) is 3.74. The Kier molecular flexibility index (Phi) is 3.87.